The molecule has 0 aliphatic heterocycles. The third-order valence-corrected chi connectivity index (χ3v) is 4.12. The lowest BCUT2D eigenvalue weighted by Gasteiger charge is -2.17. The topological polar surface area (TPSA) is 36.9 Å². The standard InChI is InChI=1S/C25H20O4/c1-26-25-23(28-20-13-7-3-8-14-20)17-22(27-19-11-5-2-6-12-19)18-24(25)29-21-15-9-4-10-16-21/h2-18H,1H3. The molecule has 0 aliphatic rings. The highest BCUT2D eigenvalue weighted by Crippen LogP contribution is 2.45. The smallest absolute Gasteiger partial charge is 0.204 e. The van der Waals surface area contributed by atoms with E-state index in [2.05, 4.69) is 0 Å². The van der Waals surface area contributed by atoms with Gasteiger partial charge in [-0.1, -0.05) is 54.6 Å². The van der Waals surface area contributed by atoms with Crippen molar-refractivity contribution < 1.29 is 18.9 Å². The van der Waals surface area contributed by atoms with E-state index in [0.717, 1.165) is 0 Å². The van der Waals surface area contributed by atoms with Gasteiger partial charge in [0.2, 0.25) is 5.75 Å². The molecular formula is C25H20O4. The second-order valence-corrected chi connectivity index (χ2v) is 6.20. The van der Waals surface area contributed by atoms with Crippen LogP contribution in [0.2, 0.25) is 0 Å². The summed E-state index contributed by atoms with van der Waals surface area (Å²) in [7, 11) is 1.59. The van der Waals surface area contributed by atoms with Crippen molar-refractivity contribution in [3.05, 3.63) is 103 Å². The van der Waals surface area contributed by atoms with Crippen molar-refractivity contribution in [2.24, 2.45) is 0 Å². The molecule has 4 aromatic rings. The number of hydrogen-bond donors (Lipinski definition) is 0. The number of hydrogen-bond acceptors (Lipinski definition) is 4. The average Bonchev–Trinajstić information content (AvgIpc) is 2.76. The number of ether oxygens (including phenoxy) is 4. The van der Waals surface area contributed by atoms with Gasteiger partial charge >= 0.3 is 0 Å². The highest BCUT2D eigenvalue weighted by atomic mass is 16.5. The Bertz CT molecular complexity index is 985. The van der Waals surface area contributed by atoms with Crippen LogP contribution >= 0.6 is 0 Å². The molecule has 0 amide bonds. The van der Waals surface area contributed by atoms with Gasteiger partial charge < -0.3 is 18.9 Å². The minimum atomic E-state index is 0.484. The van der Waals surface area contributed by atoms with Crippen molar-refractivity contribution >= 4 is 0 Å². The molecule has 0 heterocycles. The molecule has 29 heavy (non-hydrogen) atoms. The molecule has 4 rings (SSSR count). The van der Waals surface area contributed by atoms with Gasteiger partial charge in [0, 0.05) is 12.1 Å². The quantitative estimate of drug-likeness (QED) is 0.341. The molecule has 0 fully saturated rings. The van der Waals surface area contributed by atoms with E-state index in [9.17, 15) is 0 Å². The molecule has 0 aromatic heterocycles. The third kappa shape index (κ3) is 4.68. The largest absolute Gasteiger partial charge is 0.490 e. The highest BCUT2D eigenvalue weighted by molar-refractivity contribution is 5.58. The Morgan fingerprint density at radius 2 is 0.828 bits per heavy atom. The Balaban J connectivity index is 1.74. The maximum Gasteiger partial charge on any atom is 0.204 e. The van der Waals surface area contributed by atoms with E-state index in [1.807, 2.05) is 91.0 Å². The molecule has 0 saturated heterocycles. The normalized spacial score (nSPS) is 10.2. The molecule has 4 nitrogen and oxygen atoms in total. The summed E-state index contributed by atoms with van der Waals surface area (Å²) in [6.07, 6.45) is 0. The van der Waals surface area contributed by atoms with Crippen LogP contribution in [-0.2, 0) is 0 Å². The number of methoxy groups -OCH3 is 1. The van der Waals surface area contributed by atoms with Crippen LogP contribution in [0.5, 0.6) is 40.2 Å². The summed E-state index contributed by atoms with van der Waals surface area (Å²) in [6, 6.07) is 32.1. The van der Waals surface area contributed by atoms with Gasteiger partial charge in [-0.05, 0) is 36.4 Å². The van der Waals surface area contributed by atoms with E-state index < -0.39 is 0 Å². The Labute approximate surface area is 169 Å². The van der Waals surface area contributed by atoms with Crippen molar-refractivity contribution in [2.45, 2.75) is 0 Å². The second-order valence-electron chi connectivity index (χ2n) is 6.20. The number of para-hydroxylation sites is 3. The summed E-state index contributed by atoms with van der Waals surface area (Å²) in [5.74, 6) is 4.15. The van der Waals surface area contributed by atoms with Crippen molar-refractivity contribution in [1.82, 2.24) is 0 Å². The van der Waals surface area contributed by atoms with E-state index in [-0.39, 0.29) is 0 Å². The van der Waals surface area contributed by atoms with Crippen molar-refractivity contribution in [3.8, 4) is 40.2 Å². The highest BCUT2D eigenvalue weighted by Gasteiger charge is 2.17. The monoisotopic (exact) mass is 384 g/mol. The van der Waals surface area contributed by atoms with E-state index >= 15 is 0 Å². The van der Waals surface area contributed by atoms with Crippen LogP contribution in [-0.4, -0.2) is 7.11 Å². The first-order chi connectivity index (χ1) is 14.3. The minimum Gasteiger partial charge on any atom is -0.490 e. The molecule has 0 saturated carbocycles. The van der Waals surface area contributed by atoms with E-state index in [0.29, 0.717) is 40.2 Å². The van der Waals surface area contributed by atoms with Crippen molar-refractivity contribution in [3.63, 3.8) is 0 Å². The lowest BCUT2D eigenvalue weighted by Crippen LogP contribution is -1.96. The van der Waals surface area contributed by atoms with Gasteiger partial charge in [-0.25, -0.2) is 0 Å². The number of benzene rings is 4. The molecule has 0 spiro atoms. The van der Waals surface area contributed by atoms with Gasteiger partial charge in [0.1, 0.15) is 23.0 Å². The molecule has 0 unspecified atom stereocenters. The average molecular weight is 384 g/mol. The van der Waals surface area contributed by atoms with Gasteiger partial charge in [0.05, 0.1) is 7.11 Å². The maximum atomic E-state index is 6.07. The fourth-order valence-corrected chi connectivity index (χ4v) is 2.82. The molecule has 4 heteroatoms. The van der Waals surface area contributed by atoms with Crippen molar-refractivity contribution in [1.29, 1.82) is 0 Å². The van der Waals surface area contributed by atoms with Crippen LogP contribution in [0.1, 0.15) is 0 Å². The van der Waals surface area contributed by atoms with Crippen LogP contribution in [0.25, 0.3) is 0 Å². The first kappa shape index (κ1) is 18.4. The van der Waals surface area contributed by atoms with Gasteiger partial charge in [0.25, 0.3) is 0 Å². The Morgan fingerprint density at radius 3 is 1.21 bits per heavy atom. The first-order valence-electron chi connectivity index (χ1n) is 9.22. The lowest BCUT2D eigenvalue weighted by atomic mass is 10.2. The zero-order chi connectivity index (χ0) is 19.9. The van der Waals surface area contributed by atoms with E-state index in [1.165, 1.54) is 0 Å². The Kier molecular flexibility index (Phi) is 5.63. The Hall–Kier alpha value is -3.92. The molecular weight excluding hydrogens is 364 g/mol. The Morgan fingerprint density at radius 1 is 0.448 bits per heavy atom. The van der Waals surface area contributed by atoms with Gasteiger partial charge in [0.15, 0.2) is 11.5 Å². The van der Waals surface area contributed by atoms with Gasteiger partial charge in [-0.3, -0.25) is 0 Å². The van der Waals surface area contributed by atoms with Crippen molar-refractivity contribution in [2.75, 3.05) is 7.11 Å². The lowest BCUT2D eigenvalue weighted by molar-refractivity contribution is 0.349. The summed E-state index contributed by atoms with van der Waals surface area (Å²) in [6.45, 7) is 0. The third-order valence-electron chi connectivity index (χ3n) is 4.12. The molecule has 0 N–H and O–H groups in total. The molecule has 0 atom stereocenters. The first-order valence-corrected chi connectivity index (χ1v) is 9.22. The van der Waals surface area contributed by atoms with Crippen LogP contribution in [0.15, 0.2) is 103 Å². The molecule has 0 bridgehead atoms. The van der Waals surface area contributed by atoms with Gasteiger partial charge in [-0.2, -0.15) is 0 Å². The van der Waals surface area contributed by atoms with Gasteiger partial charge in [-0.15, -0.1) is 0 Å². The molecule has 4 aromatic carbocycles. The maximum absolute atomic E-state index is 6.07. The summed E-state index contributed by atoms with van der Waals surface area (Å²) >= 11 is 0. The summed E-state index contributed by atoms with van der Waals surface area (Å²) in [5.41, 5.74) is 0. The fourth-order valence-electron chi connectivity index (χ4n) is 2.82. The summed E-state index contributed by atoms with van der Waals surface area (Å²) < 4.78 is 23.8. The SMILES string of the molecule is COc1c(Oc2ccccc2)cc(Oc2ccccc2)cc1Oc1ccccc1. The second kappa shape index (κ2) is 8.85. The summed E-state index contributed by atoms with van der Waals surface area (Å²) in [5, 5.41) is 0. The predicted octanol–water partition coefficient (Wildman–Crippen LogP) is 7.07. The fraction of sp³-hybridized carbons (Fsp3) is 0.0400. The van der Waals surface area contributed by atoms with E-state index in [1.54, 1.807) is 19.2 Å². The van der Waals surface area contributed by atoms with Crippen LogP contribution in [0, 0.1) is 0 Å². The van der Waals surface area contributed by atoms with Crippen LogP contribution in [0.3, 0.4) is 0 Å². The zero-order valence-electron chi connectivity index (χ0n) is 15.9. The summed E-state index contributed by atoms with van der Waals surface area (Å²) in [4.78, 5) is 0. The van der Waals surface area contributed by atoms with Crippen LogP contribution in [0.4, 0.5) is 0 Å². The number of rotatable bonds is 7. The van der Waals surface area contributed by atoms with Crippen LogP contribution < -0.4 is 18.9 Å². The van der Waals surface area contributed by atoms with E-state index in [4.69, 9.17) is 18.9 Å². The predicted molar refractivity (Wildman–Crippen MR) is 113 cm³/mol. The minimum absolute atomic E-state index is 0.484. The molecule has 0 radical (unpaired) electrons. The molecule has 0 aliphatic carbocycles. The molecule has 144 valence electrons. The zero-order valence-corrected chi connectivity index (χ0v) is 15.9.